The summed E-state index contributed by atoms with van der Waals surface area (Å²) in [5.74, 6) is 0.333. The van der Waals surface area contributed by atoms with Crippen molar-refractivity contribution < 1.29 is 4.79 Å². The molecule has 0 aromatic carbocycles. The van der Waals surface area contributed by atoms with Crippen LogP contribution >= 0.6 is 0 Å². The number of carbonyl (C=O) groups excluding carboxylic acids is 1. The highest BCUT2D eigenvalue weighted by Gasteiger charge is 2.21. The Hall–Kier alpha value is -0.370. The molecule has 0 aromatic rings. The van der Waals surface area contributed by atoms with Crippen LogP contribution in [0.3, 0.4) is 0 Å². The largest absolute Gasteiger partial charge is 0.298 e. The van der Waals surface area contributed by atoms with Crippen LogP contribution in [0, 0.1) is 0 Å². The minimum Gasteiger partial charge on any atom is -0.298 e. The molecular formula is C10H19NO. The molecule has 0 spiro atoms. The molecule has 0 bridgehead atoms. The van der Waals surface area contributed by atoms with E-state index in [0.717, 1.165) is 19.5 Å². The first-order valence-electron chi connectivity index (χ1n) is 5.00. The molecule has 2 heteroatoms. The molecule has 0 radical (unpaired) electrons. The molecule has 1 rings (SSSR count). The molecule has 1 heterocycles. The van der Waals surface area contributed by atoms with Gasteiger partial charge in [0.25, 0.3) is 0 Å². The first kappa shape index (κ1) is 9.72. The lowest BCUT2D eigenvalue weighted by Gasteiger charge is -2.32. The summed E-state index contributed by atoms with van der Waals surface area (Å²) in [4.78, 5) is 13.6. The van der Waals surface area contributed by atoms with Crippen molar-refractivity contribution in [1.82, 2.24) is 4.90 Å². The van der Waals surface area contributed by atoms with Gasteiger partial charge >= 0.3 is 0 Å². The highest BCUT2D eigenvalue weighted by molar-refractivity contribution is 5.81. The summed E-state index contributed by atoms with van der Waals surface area (Å²) in [6.45, 7) is 6.06. The number of nitrogens with zero attached hydrogens (tertiary/aromatic N) is 1. The molecule has 0 saturated carbocycles. The van der Waals surface area contributed by atoms with Gasteiger partial charge in [0.2, 0.25) is 0 Å². The summed E-state index contributed by atoms with van der Waals surface area (Å²) in [5, 5.41) is 0. The van der Waals surface area contributed by atoms with Crippen molar-refractivity contribution in [3.8, 4) is 0 Å². The average Bonchev–Trinajstić information content (AvgIpc) is 2.07. The lowest BCUT2D eigenvalue weighted by molar-refractivity contribution is -0.122. The Morgan fingerprint density at radius 2 is 1.92 bits per heavy atom. The summed E-state index contributed by atoms with van der Waals surface area (Å²) in [7, 11) is 0. The Morgan fingerprint density at radius 3 is 2.33 bits per heavy atom. The summed E-state index contributed by atoms with van der Waals surface area (Å²) in [5.41, 5.74) is 0. The van der Waals surface area contributed by atoms with Crippen LogP contribution in [-0.4, -0.2) is 29.8 Å². The highest BCUT2D eigenvalue weighted by atomic mass is 16.1. The zero-order chi connectivity index (χ0) is 8.97. The van der Waals surface area contributed by atoms with Crippen LogP contribution in [0.4, 0.5) is 0 Å². The molecule has 0 aliphatic carbocycles. The quantitative estimate of drug-likeness (QED) is 0.642. The molecule has 1 saturated heterocycles. The number of Topliss-reactive ketones (excluding diaryl/α,β-unsaturated/α-hetero) is 1. The van der Waals surface area contributed by atoms with Crippen molar-refractivity contribution >= 4 is 5.78 Å². The zero-order valence-corrected chi connectivity index (χ0v) is 8.18. The van der Waals surface area contributed by atoms with Crippen molar-refractivity contribution in [2.75, 3.05) is 13.1 Å². The number of ketones is 1. The smallest absolute Gasteiger partial charge is 0.146 e. The van der Waals surface area contributed by atoms with Crippen molar-refractivity contribution in [2.45, 2.75) is 45.6 Å². The van der Waals surface area contributed by atoms with Crippen molar-refractivity contribution in [3.63, 3.8) is 0 Å². The summed E-state index contributed by atoms with van der Waals surface area (Å²) in [6.07, 6.45) is 4.84. The number of hydrogen-bond donors (Lipinski definition) is 0. The van der Waals surface area contributed by atoms with Crippen LogP contribution < -0.4 is 0 Å². The van der Waals surface area contributed by atoms with Crippen molar-refractivity contribution in [2.24, 2.45) is 0 Å². The second-order valence-electron chi connectivity index (χ2n) is 3.63. The number of rotatable bonds is 3. The Balaban J connectivity index is 2.46. The summed E-state index contributed by atoms with van der Waals surface area (Å²) in [6, 6.07) is 0.199. The van der Waals surface area contributed by atoms with Crippen LogP contribution in [0.25, 0.3) is 0 Å². The van der Waals surface area contributed by atoms with Crippen LogP contribution in [-0.2, 0) is 4.79 Å². The third-order valence-corrected chi connectivity index (χ3v) is 2.69. The summed E-state index contributed by atoms with van der Waals surface area (Å²) < 4.78 is 0. The average molecular weight is 169 g/mol. The maximum Gasteiger partial charge on any atom is 0.146 e. The monoisotopic (exact) mass is 169 g/mol. The number of piperidine rings is 1. The van der Waals surface area contributed by atoms with Gasteiger partial charge in [-0.3, -0.25) is 9.69 Å². The van der Waals surface area contributed by atoms with E-state index in [2.05, 4.69) is 11.8 Å². The molecular weight excluding hydrogens is 150 g/mol. The van der Waals surface area contributed by atoms with Gasteiger partial charge in [-0.25, -0.2) is 0 Å². The van der Waals surface area contributed by atoms with E-state index in [0.29, 0.717) is 5.78 Å². The van der Waals surface area contributed by atoms with Crippen LogP contribution in [0.5, 0.6) is 0 Å². The molecule has 0 aromatic heterocycles. The SMILES string of the molecule is CC[C@@H](C(C)=O)N1CCCCC1. The lowest BCUT2D eigenvalue weighted by atomic mass is 10.0. The van der Waals surface area contributed by atoms with Gasteiger partial charge in [0.05, 0.1) is 6.04 Å². The number of hydrogen-bond acceptors (Lipinski definition) is 2. The van der Waals surface area contributed by atoms with E-state index in [4.69, 9.17) is 0 Å². The Bertz CT molecular complexity index is 150. The Morgan fingerprint density at radius 1 is 1.33 bits per heavy atom. The van der Waals surface area contributed by atoms with Crippen LogP contribution in [0.1, 0.15) is 39.5 Å². The number of carbonyl (C=O) groups is 1. The van der Waals surface area contributed by atoms with Gasteiger partial charge in [0.15, 0.2) is 0 Å². The molecule has 1 aliphatic rings. The second kappa shape index (κ2) is 4.61. The van der Waals surface area contributed by atoms with E-state index in [1.807, 2.05) is 0 Å². The van der Waals surface area contributed by atoms with Crippen molar-refractivity contribution in [3.05, 3.63) is 0 Å². The van der Waals surface area contributed by atoms with Gasteiger partial charge < -0.3 is 0 Å². The first-order chi connectivity index (χ1) is 5.75. The van der Waals surface area contributed by atoms with Gasteiger partial charge in [-0.05, 0) is 39.3 Å². The third kappa shape index (κ3) is 2.31. The predicted molar refractivity (Wildman–Crippen MR) is 50.2 cm³/mol. The van der Waals surface area contributed by atoms with Gasteiger partial charge in [-0.2, -0.15) is 0 Å². The number of likely N-dealkylation sites (tertiary alicyclic amines) is 1. The van der Waals surface area contributed by atoms with Gasteiger partial charge in [0, 0.05) is 0 Å². The van der Waals surface area contributed by atoms with E-state index in [1.165, 1.54) is 19.3 Å². The maximum absolute atomic E-state index is 11.2. The predicted octanol–water partition coefficient (Wildman–Crippen LogP) is 1.84. The molecule has 12 heavy (non-hydrogen) atoms. The minimum atomic E-state index is 0.199. The van der Waals surface area contributed by atoms with E-state index in [9.17, 15) is 4.79 Å². The van der Waals surface area contributed by atoms with Crippen molar-refractivity contribution in [1.29, 1.82) is 0 Å². The van der Waals surface area contributed by atoms with Gasteiger partial charge in [0.1, 0.15) is 5.78 Å². The lowest BCUT2D eigenvalue weighted by Crippen LogP contribution is -2.42. The molecule has 1 atom stereocenters. The highest BCUT2D eigenvalue weighted by Crippen LogP contribution is 2.14. The van der Waals surface area contributed by atoms with Crippen LogP contribution in [0.15, 0.2) is 0 Å². The van der Waals surface area contributed by atoms with Gasteiger partial charge in [-0.15, -0.1) is 0 Å². The molecule has 1 aliphatic heterocycles. The van der Waals surface area contributed by atoms with Crippen LogP contribution in [0.2, 0.25) is 0 Å². The molecule has 0 N–H and O–H groups in total. The van der Waals surface area contributed by atoms with E-state index >= 15 is 0 Å². The first-order valence-corrected chi connectivity index (χ1v) is 5.00. The maximum atomic E-state index is 11.2. The third-order valence-electron chi connectivity index (χ3n) is 2.69. The summed E-state index contributed by atoms with van der Waals surface area (Å²) >= 11 is 0. The molecule has 0 unspecified atom stereocenters. The molecule has 1 fully saturated rings. The van der Waals surface area contributed by atoms with E-state index in [-0.39, 0.29) is 6.04 Å². The fourth-order valence-electron chi connectivity index (χ4n) is 2.03. The Kier molecular flexibility index (Phi) is 3.73. The second-order valence-corrected chi connectivity index (χ2v) is 3.63. The topological polar surface area (TPSA) is 20.3 Å². The van der Waals surface area contributed by atoms with E-state index in [1.54, 1.807) is 6.92 Å². The van der Waals surface area contributed by atoms with E-state index < -0.39 is 0 Å². The minimum absolute atomic E-state index is 0.199. The zero-order valence-electron chi connectivity index (χ0n) is 8.18. The fourth-order valence-corrected chi connectivity index (χ4v) is 2.03. The van der Waals surface area contributed by atoms with Gasteiger partial charge in [-0.1, -0.05) is 13.3 Å². The molecule has 2 nitrogen and oxygen atoms in total. The molecule has 70 valence electrons. The standard InChI is InChI=1S/C10H19NO/c1-3-10(9(2)12)11-7-5-4-6-8-11/h10H,3-8H2,1-2H3/t10-/m0/s1. The fraction of sp³-hybridized carbons (Fsp3) is 0.900. The normalized spacial score (nSPS) is 22.2. The Labute approximate surface area is 74.9 Å². The molecule has 0 amide bonds.